The van der Waals surface area contributed by atoms with Crippen LogP contribution in [0.3, 0.4) is 0 Å². The molecule has 0 fully saturated rings. The predicted octanol–water partition coefficient (Wildman–Crippen LogP) is 3.31. The van der Waals surface area contributed by atoms with Crippen molar-refractivity contribution in [1.82, 2.24) is 9.36 Å². The van der Waals surface area contributed by atoms with Gasteiger partial charge in [0.05, 0.1) is 0 Å². The molecule has 4 nitrogen and oxygen atoms in total. The molecule has 0 spiro atoms. The molecule has 104 valence electrons. The van der Waals surface area contributed by atoms with Crippen LogP contribution in [0.1, 0.15) is 46.9 Å². The molecule has 0 unspecified atom stereocenters. The van der Waals surface area contributed by atoms with Gasteiger partial charge in [0.2, 0.25) is 5.13 Å². The molecule has 0 aliphatic carbocycles. The molecule has 1 heterocycles. The summed E-state index contributed by atoms with van der Waals surface area (Å²) < 4.78 is 9.52. The number of anilines is 1. The summed E-state index contributed by atoms with van der Waals surface area (Å²) in [5, 5.41) is 4.28. The Kier molecular flexibility index (Phi) is 5.10. The molecule has 0 saturated heterocycles. The van der Waals surface area contributed by atoms with Gasteiger partial charge in [-0.3, -0.25) is 0 Å². The summed E-state index contributed by atoms with van der Waals surface area (Å²) in [4.78, 5) is 4.53. The van der Waals surface area contributed by atoms with E-state index in [0.717, 1.165) is 30.5 Å². The molecule has 1 N–H and O–H groups in total. The topological polar surface area (TPSA) is 47.0 Å². The lowest BCUT2D eigenvalue weighted by atomic mass is 9.90. The highest BCUT2D eigenvalue weighted by Gasteiger charge is 2.21. The van der Waals surface area contributed by atoms with Crippen molar-refractivity contribution in [2.45, 2.75) is 46.5 Å². The number of rotatable bonds is 6. The van der Waals surface area contributed by atoms with Crippen LogP contribution in [0.15, 0.2) is 0 Å². The van der Waals surface area contributed by atoms with Gasteiger partial charge in [0.1, 0.15) is 5.82 Å². The normalized spacial score (nSPS) is 12.8. The van der Waals surface area contributed by atoms with Crippen LogP contribution in [0.2, 0.25) is 0 Å². The molecular weight excluding hydrogens is 246 g/mol. The van der Waals surface area contributed by atoms with E-state index in [0.29, 0.717) is 0 Å². The molecule has 0 bridgehead atoms. The van der Waals surface area contributed by atoms with Gasteiger partial charge in [0.15, 0.2) is 0 Å². The highest BCUT2D eigenvalue weighted by atomic mass is 32.1. The summed E-state index contributed by atoms with van der Waals surface area (Å²) in [6, 6.07) is 0. The molecule has 0 amide bonds. The van der Waals surface area contributed by atoms with E-state index in [1.165, 1.54) is 11.5 Å². The van der Waals surface area contributed by atoms with Gasteiger partial charge in [-0.25, -0.2) is 4.98 Å². The largest absolute Gasteiger partial charge is 0.385 e. The smallest absolute Gasteiger partial charge is 0.202 e. The Morgan fingerprint density at radius 2 is 1.89 bits per heavy atom. The van der Waals surface area contributed by atoms with Crippen molar-refractivity contribution in [1.29, 1.82) is 0 Å². The molecule has 0 aliphatic rings. The lowest BCUT2D eigenvalue weighted by molar-refractivity contribution is 0.157. The fourth-order valence-electron chi connectivity index (χ4n) is 1.38. The lowest BCUT2D eigenvalue weighted by Crippen LogP contribution is -2.24. The van der Waals surface area contributed by atoms with Gasteiger partial charge in [0.25, 0.3) is 0 Å². The summed E-state index contributed by atoms with van der Waals surface area (Å²) in [6.45, 7) is 12.5. The second-order valence-corrected chi connectivity index (χ2v) is 7.19. The number of aromatic nitrogens is 2. The Bertz CT molecular complexity index is 369. The van der Waals surface area contributed by atoms with E-state index >= 15 is 0 Å². The molecule has 0 radical (unpaired) electrons. The monoisotopic (exact) mass is 271 g/mol. The highest BCUT2D eigenvalue weighted by molar-refractivity contribution is 7.09. The van der Waals surface area contributed by atoms with Gasteiger partial charge in [-0.15, -0.1) is 0 Å². The Balaban J connectivity index is 2.51. The Hall–Kier alpha value is -0.680. The van der Waals surface area contributed by atoms with Crippen LogP contribution < -0.4 is 5.32 Å². The number of ether oxygens (including phenoxy) is 1. The van der Waals surface area contributed by atoms with Gasteiger partial charge >= 0.3 is 0 Å². The molecule has 0 saturated carbocycles. The van der Waals surface area contributed by atoms with Crippen LogP contribution in [0.5, 0.6) is 0 Å². The van der Waals surface area contributed by atoms with Gasteiger partial charge in [-0.2, -0.15) is 4.37 Å². The number of nitrogens with one attached hydrogen (secondary N) is 1. The second-order valence-electron chi connectivity index (χ2n) is 6.43. The third kappa shape index (κ3) is 4.90. The van der Waals surface area contributed by atoms with Crippen LogP contribution in [0.4, 0.5) is 5.13 Å². The number of methoxy groups -OCH3 is 1. The van der Waals surface area contributed by atoms with E-state index in [-0.39, 0.29) is 10.8 Å². The van der Waals surface area contributed by atoms with E-state index in [9.17, 15) is 0 Å². The maximum absolute atomic E-state index is 5.13. The molecular formula is C13H25N3OS. The summed E-state index contributed by atoms with van der Waals surface area (Å²) in [5.41, 5.74) is 0.214. The highest BCUT2D eigenvalue weighted by Crippen LogP contribution is 2.25. The van der Waals surface area contributed by atoms with Gasteiger partial charge in [-0.05, 0) is 11.8 Å². The van der Waals surface area contributed by atoms with E-state index in [1.807, 2.05) is 0 Å². The third-order valence-corrected chi connectivity index (χ3v) is 3.47. The fraction of sp³-hybridized carbons (Fsp3) is 0.846. The van der Waals surface area contributed by atoms with Gasteiger partial charge in [-0.1, -0.05) is 34.6 Å². The Morgan fingerprint density at radius 1 is 1.22 bits per heavy atom. The Morgan fingerprint density at radius 3 is 2.39 bits per heavy atom. The summed E-state index contributed by atoms with van der Waals surface area (Å²) in [7, 11) is 1.74. The third-order valence-electron chi connectivity index (χ3n) is 2.80. The molecule has 0 aliphatic heterocycles. The average Bonchev–Trinajstić information content (AvgIpc) is 2.72. The first-order chi connectivity index (χ1) is 8.24. The number of nitrogens with zero attached hydrogens (tertiary/aromatic N) is 2. The first kappa shape index (κ1) is 15.4. The molecule has 18 heavy (non-hydrogen) atoms. The predicted molar refractivity (Wildman–Crippen MR) is 77.4 cm³/mol. The summed E-state index contributed by atoms with van der Waals surface area (Å²) >= 11 is 1.44. The van der Waals surface area contributed by atoms with Crippen LogP contribution in [0, 0.1) is 5.41 Å². The summed E-state index contributed by atoms with van der Waals surface area (Å²) in [6.07, 6.45) is 1.03. The summed E-state index contributed by atoms with van der Waals surface area (Å²) in [5.74, 6) is 0.907. The van der Waals surface area contributed by atoms with E-state index in [4.69, 9.17) is 4.74 Å². The first-order valence-electron chi connectivity index (χ1n) is 6.32. The maximum atomic E-state index is 5.13. The van der Waals surface area contributed by atoms with Crippen molar-refractivity contribution in [3.8, 4) is 0 Å². The van der Waals surface area contributed by atoms with Crippen molar-refractivity contribution in [2.75, 3.05) is 25.6 Å². The minimum atomic E-state index is 0.0159. The molecule has 1 aromatic heterocycles. The molecule has 5 heteroatoms. The van der Waals surface area contributed by atoms with Crippen LogP contribution in [-0.2, 0) is 10.2 Å². The standard InChI is InChI=1S/C13H25N3OS/c1-12(2,3)10-15-11(18-16-10)14-9-13(4,5)7-8-17-6/h7-9H2,1-6H3,(H,14,15,16). The quantitative estimate of drug-likeness (QED) is 0.862. The van der Waals surface area contributed by atoms with Crippen LogP contribution in [0.25, 0.3) is 0 Å². The van der Waals surface area contributed by atoms with Gasteiger partial charge < -0.3 is 10.1 Å². The van der Waals surface area contributed by atoms with E-state index in [1.54, 1.807) is 7.11 Å². The minimum Gasteiger partial charge on any atom is -0.385 e. The van der Waals surface area contributed by atoms with Crippen LogP contribution in [-0.4, -0.2) is 29.6 Å². The fourth-order valence-corrected chi connectivity index (χ4v) is 2.13. The number of hydrogen-bond donors (Lipinski definition) is 1. The average molecular weight is 271 g/mol. The van der Waals surface area contributed by atoms with Crippen molar-refractivity contribution in [2.24, 2.45) is 5.41 Å². The van der Waals surface area contributed by atoms with E-state index in [2.05, 4.69) is 49.3 Å². The van der Waals surface area contributed by atoms with Crippen molar-refractivity contribution in [3.05, 3.63) is 5.82 Å². The lowest BCUT2D eigenvalue weighted by Gasteiger charge is -2.24. The van der Waals surface area contributed by atoms with Crippen molar-refractivity contribution in [3.63, 3.8) is 0 Å². The second kappa shape index (κ2) is 5.97. The first-order valence-corrected chi connectivity index (χ1v) is 7.09. The molecule has 0 aromatic carbocycles. The molecule has 0 atom stereocenters. The van der Waals surface area contributed by atoms with Gasteiger partial charge in [0, 0.05) is 37.2 Å². The number of hydrogen-bond acceptors (Lipinski definition) is 5. The molecule has 1 aromatic rings. The zero-order valence-corrected chi connectivity index (χ0v) is 13.1. The van der Waals surface area contributed by atoms with E-state index < -0.39 is 0 Å². The van der Waals surface area contributed by atoms with Crippen molar-refractivity contribution < 1.29 is 4.74 Å². The maximum Gasteiger partial charge on any atom is 0.202 e. The zero-order valence-electron chi connectivity index (χ0n) is 12.3. The zero-order chi connectivity index (χ0) is 13.8. The molecule has 1 rings (SSSR count). The SMILES string of the molecule is COCCC(C)(C)CNc1nc(C(C)(C)C)ns1. The van der Waals surface area contributed by atoms with Crippen LogP contribution >= 0.6 is 11.5 Å². The Labute approximate surface area is 114 Å². The van der Waals surface area contributed by atoms with Crippen molar-refractivity contribution >= 4 is 16.7 Å². The minimum absolute atomic E-state index is 0.0159.